The van der Waals surface area contributed by atoms with Gasteiger partial charge in [0.25, 0.3) is 5.91 Å². The normalized spacial score (nSPS) is 18.2. The fourth-order valence-corrected chi connectivity index (χ4v) is 2.75. The number of amides is 1. The number of nitrogens with zero attached hydrogens (tertiary/aromatic N) is 3. The molecule has 1 aromatic heterocycles. The molecule has 1 aliphatic rings. The lowest BCUT2D eigenvalue weighted by atomic mass is 9.96. The van der Waals surface area contributed by atoms with E-state index in [0.29, 0.717) is 12.2 Å². The number of aryl methyl sites for hydroxylation is 1. The Bertz CT molecular complexity index is 418. The monoisotopic (exact) mass is 250 g/mol. The van der Waals surface area contributed by atoms with E-state index in [1.165, 1.54) is 12.8 Å². The zero-order chi connectivity index (χ0) is 13.2. The molecule has 1 N–H and O–H groups in total. The molecule has 5 heteroatoms. The van der Waals surface area contributed by atoms with Crippen molar-refractivity contribution in [1.82, 2.24) is 20.0 Å². The van der Waals surface area contributed by atoms with Crippen molar-refractivity contribution in [2.75, 3.05) is 20.6 Å². The van der Waals surface area contributed by atoms with Crippen molar-refractivity contribution in [1.29, 1.82) is 0 Å². The topological polar surface area (TPSA) is 50.2 Å². The third-order valence-corrected chi connectivity index (χ3v) is 4.11. The number of likely N-dealkylation sites (N-methyl/N-ethyl adjacent to an activating group) is 1. The maximum atomic E-state index is 12.1. The minimum absolute atomic E-state index is 0.0388. The molecule has 0 saturated heterocycles. The molecule has 1 aromatic rings. The van der Waals surface area contributed by atoms with Crippen molar-refractivity contribution in [3.05, 3.63) is 18.0 Å². The van der Waals surface area contributed by atoms with Gasteiger partial charge in [-0.1, -0.05) is 12.8 Å². The van der Waals surface area contributed by atoms with Crippen molar-refractivity contribution >= 4 is 5.91 Å². The smallest absolute Gasteiger partial charge is 0.269 e. The summed E-state index contributed by atoms with van der Waals surface area (Å²) in [6.45, 7) is 0.712. The van der Waals surface area contributed by atoms with E-state index in [0.717, 1.165) is 12.8 Å². The van der Waals surface area contributed by atoms with Crippen LogP contribution in [0, 0.1) is 0 Å². The maximum Gasteiger partial charge on any atom is 0.269 e. The van der Waals surface area contributed by atoms with Gasteiger partial charge in [-0.2, -0.15) is 5.10 Å². The molecule has 1 fully saturated rings. The van der Waals surface area contributed by atoms with E-state index in [9.17, 15) is 4.79 Å². The highest BCUT2D eigenvalue weighted by molar-refractivity contribution is 5.92. The summed E-state index contributed by atoms with van der Waals surface area (Å²) in [5, 5.41) is 7.06. The first-order valence-electron chi connectivity index (χ1n) is 6.49. The van der Waals surface area contributed by atoms with Crippen LogP contribution >= 0.6 is 0 Å². The molecular formula is C13H22N4O. The Morgan fingerprint density at radius 1 is 1.50 bits per heavy atom. The van der Waals surface area contributed by atoms with Crippen molar-refractivity contribution in [3.8, 4) is 0 Å². The fourth-order valence-electron chi connectivity index (χ4n) is 2.75. The second-order valence-corrected chi connectivity index (χ2v) is 5.35. The van der Waals surface area contributed by atoms with Crippen molar-refractivity contribution in [2.45, 2.75) is 31.2 Å². The Hall–Kier alpha value is -1.36. The minimum Gasteiger partial charge on any atom is -0.349 e. The molecule has 5 nitrogen and oxygen atoms in total. The highest BCUT2D eigenvalue weighted by atomic mass is 16.2. The first kappa shape index (κ1) is 13.1. The molecular weight excluding hydrogens is 228 g/mol. The average Bonchev–Trinajstić information content (AvgIpc) is 2.95. The Labute approximate surface area is 108 Å². The van der Waals surface area contributed by atoms with Crippen LogP contribution in [-0.4, -0.2) is 46.8 Å². The Balaban J connectivity index is 1.98. The van der Waals surface area contributed by atoms with Crippen LogP contribution in [0.5, 0.6) is 0 Å². The van der Waals surface area contributed by atoms with Crippen molar-refractivity contribution < 1.29 is 4.79 Å². The first-order chi connectivity index (χ1) is 8.55. The lowest BCUT2D eigenvalue weighted by Crippen LogP contribution is -2.51. The summed E-state index contributed by atoms with van der Waals surface area (Å²) in [4.78, 5) is 14.3. The predicted molar refractivity (Wildman–Crippen MR) is 70.4 cm³/mol. The highest BCUT2D eigenvalue weighted by Crippen LogP contribution is 2.33. The van der Waals surface area contributed by atoms with Crippen LogP contribution < -0.4 is 5.32 Å². The maximum absolute atomic E-state index is 12.1. The van der Waals surface area contributed by atoms with Crippen molar-refractivity contribution in [3.63, 3.8) is 0 Å². The molecule has 0 bridgehead atoms. The molecule has 1 aliphatic carbocycles. The van der Waals surface area contributed by atoms with Crippen LogP contribution in [0.3, 0.4) is 0 Å². The van der Waals surface area contributed by atoms with E-state index in [2.05, 4.69) is 29.4 Å². The van der Waals surface area contributed by atoms with E-state index in [1.54, 1.807) is 24.0 Å². The largest absolute Gasteiger partial charge is 0.349 e. The summed E-state index contributed by atoms with van der Waals surface area (Å²) in [7, 11) is 5.98. The quantitative estimate of drug-likeness (QED) is 0.868. The summed E-state index contributed by atoms with van der Waals surface area (Å²) in [6.07, 6.45) is 6.46. The van der Waals surface area contributed by atoms with Crippen LogP contribution in [0.2, 0.25) is 0 Å². The SMILES string of the molecule is CN(C)C1(CNC(=O)c2ccnn2C)CCCC1. The van der Waals surface area contributed by atoms with Gasteiger partial charge in [-0.05, 0) is 33.0 Å². The van der Waals surface area contributed by atoms with Gasteiger partial charge in [0.1, 0.15) is 5.69 Å². The van der Waals surface area contributed by atoms with E-state index in [4.69, 9.17) is 0 Å². The van der Waals surface area contributed by atoms with Crippen LogP contribution in [0.15, 0.2) is 12.3 Å². The summed E-state index contributed by atoms with van der Waals surface area (Å²) >= 11 is 0. The van der Waals surface area contributed by atoms with E-state index in [-0.39, 0.29) is 11.4 Å². The summed E-state index contributed by atoms with van der Waals surface area (Å²) in [5.41, 5.74) is 0.746. The van der Waals surface area contributed by atoms with E-state index in [1.807, 2.05) is 0 Å². The molecule has 0 unspecified atom stereocenters. The Morgan fingerprint density at radius 2 is 2.17 bits per heavy atom. The molecule has 0 spiro atoms. The minimum atomic E-state index is -0.0388. The molecule has 0 aromatic carbocycles. The van der Waals surface area contributed by atoms with Crippen LogP contribution in [-0.2, 0) is 7.05 Å². The van der Waals surface area contributed by atoms with E-state index < -0.39 is 0 Å². The van der Waals surface area contributed by atoms with Crippen molar-refractivity contribution in [2.24, 2.45) is 7.05 Å². The Kier molecular flexibility index (Phi) is 3.71. The lowest BCUT2D eigenvalue weighted by Gasteiger charge is -2.36. The van der Waals surface area contributed by atoms with Gasteiger partial charge in [0.2, 0.25) is 0 Å². The third-order valence-electron chi connectivity index (χ3n) is 4.11. The average molecular weight is 250 g/mol. The second kappa shape index (κ2) is 5.10. The molecule has 1 heterocycles. The molecule has 1 amide bonds. The number of hydrogen-bond donors (Lipinski definition) is 1. The number of hydrogen-bond acceptors (Lipinski definition) is 3. The second-order valence-electron chi connectivity index (χ2n) is 5.35. The molecule has 18 heavy (non-hydrogen) atoms. The molecule has 1 saturated carbocycles. The predicted octanol–water partition coefficient (Wildman–Crippen LogP) is 1.02. The number of nitrogens with one attached hydrogen (secondary N) is 1. The molecule has 2 rings (SSSR count). The molecule has 0 aliphatic heterocycles. The third kappa shape index (κ3) is 2.41. The summed E-state index contributed by atoms with van der Waals surface area (Å²) in [6, 6.07) is 1.74. The number of aromatic nitrogens is 2. The first-order valence-corrected chi connectivity index (χ1v) is 6.49. The lowest BCUT2D eigenvalue weighted by molar-refractivity contribution is 0.0891. The zero-order valence-corrected chi connectivity index (χ0v) is 11.4. The van der Waals surface area contributed by atoms with Gasteiger partial charge in [0.15, 0.2) is 0 Å². The molecule has 100 valence electrons. The number of carbonyl (C=O) groups is 1. The standard InChI is InChI=1S/C13H22N4O/c1-16(2)13(7-4-5-8-13)10-14-12(18)11-6-9-15-17(11)3/h6,9H,4-5,7-8,10H2,1-3H3,(H,14,18). The van der Waals surface area contributed by atoms with Gasteiger partial charge >= 0.3 is 0 Å². The van der Waals surface area contributed by atoms with Gasteiger partial charge in [0.05, 0.1) is 0 Å². The van der Waals surface area contributed by atoms with Gasteiger partial charge < -0.3 is 10.2 Å². The molecule has 0 radical (unpaired) electrons. The van der Waals surface area contributed by atoms with Gasteiger partial charge in [0, 0.05) is 25.3 Å². The highest BCUT2D eigenvalue weighted by Gasteiger charge is 2.36. The van der Waals surface area contributed by atoms with Crippen LogP contribution in [0.25, 0.3) is 0 Å². The summed E-state index contributed by atoms with van der Waals surface area (Å²) < 4.78 is 1.60. The fraction of sp³-hybridized carbons (Fsp3) is 0.692. The van der Waals surface area contributed by atoms with Gasteiger partial charge in [-0.25, -0.2) is 0 Å². The Morgan fingerprint density at radius 3 is 2.67 bits per heavy atom. The van der Waals surface area contributed by atoms with Gasteiger partial charge in [-0.15, -0.1) is 0 Å². The van der Waals surface area contributed by atoms with Crippen LogP contribution in [0.1, 0.15) is 36.2 Å². The number of rotatable bonds is 4. The number of carbonyl (C=O) groups excluding carboxylic acids is 1. The van der Waals surface area contributed by atoms with Crippen LogP contribution in [0.4, 0.5) is 0 Å². The summed E-state index contributed by atoms with van der Waals surface area (Å²) in [5.74, 6) is -0.0388. The zero-order valence-electron chi connectivity index (χ0n) is 11.4. The molecule has 0 atom stereocenters. The van der Waals surface area contributed by atoms with E-state index >= 15 is 0 Å². The van der Waals surface area contributed by atoms with Gasteiger partial charge in [-0.3, -0.25) is 9.48 Å².